The van der Waals surface area contributed by atoms with Gasteiger partial charge in [-0.2, -0.15) is 0 Å². The number of ketones is 1. The number of phenols is 1. The summed E-state index contributed by atoms with van der Waals surface area (Å²) in [6.45, 7) is 2.06. The quantitative estimate of drug-likeness (QED) is 0.848. The van der Waals surface area contributed by atoms with Gasteiger partial charge >= 0.3 is 0 Å². The van der Waals surface area contributed by atoms with E-state index in [-0.39, 0.29) is 23.4 Å². The van der Waals surface area contributed by atoms with Gasteiger partial charge in [-0.3, -0.25) is 4.79 Å². The summed E-state index contributed by atoms with van der Waals surface area (Å²) in [6, 6.07) is 2.88. The summed E-state index contributed by atoms with van der Waals surface area (Å²) in [5.41, 5.74) is 0.216. The van der Waals surface area contributed by atoms with E-state index in [4.69, 9.17) is 14.2 Å². The van der Waals surface area contributed by atoms with Crippen LogP contribution in [-0.4, -0.2) is 30.9 Å². The van der Waals surface area contributed by atoms with Crippen molar-refractivity contribution >= 4 is 5.78 Å². The normalized spacial score (nSPS) is 18.9. The van der Waals surface area contributed by atoms with Crippen LogP contribution in [0.4, 0.5) is 0 Å². The van der Waals surface area contributed by atoms with E-state index in [1.807, 2.05) is 0 Å². The van der Waals surface area contributed by atoms with Crippen LogP contribution in [0, 0.1) is 0 Å². The Labute approximate surface area is 112 Å². The lowest BCUT2D eigenvalue weighted by Gasteiger charge is -2.24. The Balaban J connectivity index is 2.23. The van der Waals surface area contributed by atoms with Crippen LogP contribution in [0.3, 0.4) is 0 Å². The SMILES string of the molecule is COc1cc(C(C)=O)c(O)cc1OC1CCCCO1. The molecule has 0 radical (unpaired) electrons. The van der Waals surface area contributed by atoms with Crippen molar-refractivity contribution in [2.75, 3.05) is 13.7 Å². The zero-order valence-corrected chi connectivity index (χ0v) is 11.1. The van der Waals surface area contributed by atoms with Crippen LogP contribution in [0.5, 0.6) is 17.2 Å². The first-order valence-corrected chi connectivity index (χ1v) is 6.32. The van der Waals surface area contributed by atoms with E-state index in [2.05, 4.69) is 0 Å². The Morgan fingerprint density at radius 3 is 2.74 bits per heavy atom. The molecule has 1 heterocycles. The van der Waals surface area contributed by atoms with Crippen molar-refractivity contribution in [3.63, 3.8) is 0 Å². The summed E-state index contributed by atoms with van der Waals surface area (Å²) >= 11 is 0. The number of hydrogen-bond acceptors (Lipinski definition) is 5. The predicted octanol–water partition coefficient (Wildman–Crippen LogP) is 2.51. The van der Waals surface area contributed by atoms with Crippen LogP contribution in [0.1, 0.15) is 36.5 Å². The number of hydrogen-bond donors (Lipinski definition) is 1. The number of benzene rings is 1. The maximum atomic E-state index is 11.4. The number of ether oxygens (including phenoxy) is 3. The highest BCUT2D eigenvalue weighted by molar-refractivity contribution is 5.97. The second kappa shape index (κ2) is 5.93. The molecule has 5 heteroatoms. The third-order valence-corrected chi connectivity index (χ3v) is 3.06. The average Bonchev–Trinajstić information content (AvgIpc) is 2.39. The predicted molar refractivity (Wildman–Crippen MR) is 68.9 cm³/mol. The first kappa shape index (κ1) is 13.7. The lowest BCUT2D eigenvalue weighted by atomic mass is 10.1. The molecule has 0 spiro atoms. The number of carbonyl (C=O) groups is 1. The van der Waals surface area contributed by atoms with Gasteiger partial charge < -0.3 is 19.3 Å². The molecule has 2 rings (SSSR count). The fourth-order valence-electron chi connectivity index (χ4n) is 2.03. The molecule has 1 N–H and O–H groups in total. The number of phenolic OH excluding ortho intramolecular Hbond substituents is 1. The molecule has 104 valence electrons. The number of carbonyl (C=O) groups excluding carboxylic acids is 1. The van der Waals surface area contributed by atoms with Gasteiger partial charge in [0.2, 0.25) is 0 Å². The summed E-state index contributed by atoms with van der Waals surface area (Å²) in [4.78, 5) is 11.4. The van der Waals surface area contributed by atoms with E-state index in [0.29, 0.717) is 18.1 Å². The molecule has 1 saturated heterocycles. The van der Waals surface area contributed by atoms with Gasteiger partial charge in [0, 0.05) is 12.5 Å². The second-order valence-corrected chi connectivity index (χ2v) is 4.49. The number of methoxy groups -OCH3 is 1. The molecule has 1 atom stereocenters. The van der Waals surface area contributed by atoms with Crippen LogP contribution in [0.25, 0.3) is 0 Å². The van der Waals surface area contributed by atoms with Crippen molar-refractivity contribution in [2.45, 2.75) is 32.5 Å². The highest BCUT2D eigenvalue weighted by Crippen LogP contribution is 2.35. The van der Waals surface area contributed by atoms with Gasteiger partial charge in [-0.25, -0.2) is 0 Å². The van der Waals surface area contributed by atoms with Gasteiger partial charge in [0.05, 0.1) is 19.3 Å². The molecular formula is C14H18O5. The van der Waals surface area contributed by atoms with Crippen LogP contribution >= 0.6 is 0 Å². The monoisotopic (exact) mass is 266 g/mol. The first-order valence-electron chi connectivity index (χ1n) is 6.32. The summed E-state index contributed by atoms with van der Waals surface area (Å²) < 4.78 is 16.3. The molecule has 1 aromatic carbocycles. The van der Waals surface area contributed by atoms with Crippen LogP contribution in [-0.2, 0) is 4.74 Å². The number of Topliss-reactive ketones (excluding diaryl/α,β-unsaturated/α-hetero) is 1. The Morgan fingerprint density at radius 1 is 1.37 bits per heavy atom. The van der Waals surface area contributed by atoms with E-state index in [1.165, 1.54) is 26.2 Å². The molecule has 5 nitrogen and oxygen atoms in total. The van der Waals surface area contributed by atoms with Gasteiger partial charge in [-0.05, 0) is 25.8 Å². The van der Waals surface area contributed by atoms with Crippen molar-refractivity contribution in [1.29, 1.82) is 0 Å². The van der Waals surface area contributed by atoms with Gasteiger partial charge in [0.1, 0.15) is 5.75 Å². The van der Waals surface area contributed by atoms with Gasteiger partial charge in [-0.15, -0.1) is 0 Å². The summed E-state index contributed by atoms with van der Waals surface area (Å²) in [5, 5.41) is 9.81. The van der Waals surface area contributed by atoms with E-state index in [1.54, 1.807) is 0 Å². The smallest absolute Gasteiger partial charge is 0.200 e. The zero-order chi connectivity index (χ0) is 13.8. The molecule has 1 aliphatic heterocycles. The standard InChI is InChI=1S/C14H18O5/c1-9(15)10-7-12(17-2)13(8-11(10)16)19-14-5-3-4-6-18-14/h7-8,14,16H,3-6H2,1-2H3. The maximum absolute atomic E-state index is 11.4. The summed E-state index contributed by atoms with van der Waals surface area (Å²) in [6.07, 6.45) is 2.55. The van der Waals surface area contributed by atoms with Crippen LogP contribution in [0.15, 0.2) is 12.1 Å². The lowest BCUT2D eigenvalue weighted by Crippen LogP contribution is -2.25. The maximum Gasteiger partial charge on any atom is 0.200 e. The Morgan fingerprint density at radius 2 is 2.16 bits per heavy atom. The van der Waals surface area contributed by atoms with Gasteiger partial charge in [-0.1, -0.05) is 0 Å². The van der Waals surface area contributed by atoms with E-state index < -0.39 is 0 Å². The second-order valence-electron chi connectivity index (χ2n) is 4.49. The summed E-state index contributed by atoms with van der Waals surface area (Å²) in [7, 11) is 1.49. The molecule has 0 amide bonds. The molecule has 1 aromatic rings. The zero-order valence-electron chi connectivity index (χ0n) is 11.1. The molecule has 19 heavy (non-hydrogen) atoms. The highest BCUT2D eigenvalue weighted by atomic mass is 16.7. The van der Waals surface area contributed by atoms with Gasteiger partial charge in [0.25, 0.3) is 0 Å². The molecule has 1 fully saturated rings. The Bertz CT molecular complexity index is 463. The topological polar surface area (TPSA) is 65.0 Å². The van der Waals surface area contributed by atoms with Crippen molar-refractivity contribution < 1.29 is 24.1 Å². The fraction of sp³-hybridized carbons (Fsp3) is 0.500. The third kappa shape index (κ3) is 3.17. The van der Waals surface area contributed by atoms with Crippen molar-refractivity contribution in [2.24, 2.45) is 0 Å². The molecule has 0 bridgehead atoms. The van der Waals surface area contributed by atoms with Crippen molar-refractivity contribution in [1.82, 2.24) is 0 Å². The molecular weight excluding hydrogens is 248 g/mol. The van der Waals surface area contributed by atoms with Crippen molar-refractivity contribution in [3.05, 3.63) is 17.7 Å². The van der Waals surface area contributed by atoms with E-state index in [0.717, 1.165) is 19.3 Å². The molecule has 0 aromatic heterocycles. The minimum atomic E-state index is -0.328. The minimum absolute atomic E-state index is 0.112. The molecule has 1 aliphatic rings. The Hall–Kier alpha value is -1.75. The van der Waals surface area contributed by atoms with E-state index >= 15 is 0 Å². The number of rotatable bonds is 4. The highest BCUT2D eigenvalue weighted by Gasteiger charge is 2.20. The molecule has 0 saturated carbocycles. The van der Waals surface area contributed by atoms with Gasteiger partial charge in [0.15, 0.2) is 23.6 Å². The van der Waals surface area contributed by atoms with E-state index in [9.17, 15) is 9.90 Å². The van der Waals surface area contributed by atoms with Crippen molar-refractivity contribution in [3.8, 4) is 17.2 Å². The summed E-state index contributed by atoms with van der Waals surface area (Å²) in [5.74, 6) is 0.462. The Kier molecular flexibility index (Phi) is 4.27. The number of aromatic hydroxyl groups is 1. The largest absolute Gasteiger partial charge is 0.507 e. The van der Waals surface area contributed by atoms with Crippen LogP contribution in [0.2, 0.25) is 0 Å². The average molecular weight is 266 g/mol. The lowest BCUT2D eigenvalue weighted by molar-refractivity contribution is -0.106. The fourth-order valence-corrected chi connectivity index (χ4v) is 2.03. The molecule has 1 unspecified atom stereocenters. The van der Waals surface area contributed by atoms with Crippen LogP contribution < -0.4 is 9.47 Å². The first-order chi connectivity index (χ1) is 9.11. The third-order valence-electron chi connectivity index (χ3n) is 3.06. The minimum Gasteiger partial charge on any atom is -0.507 e. The molecule has 0 aliphatic carbocycles.